The highest BCUT2D eigenvalue weighted by molar-refractivity contribution is 6.31. The summed E-state index contributed by atoms with van der Waals surface area (Å²) in [6.45, 7) is 0. The van der Waals surface area contributed by atoms with Crippen LogP contribution in [-0.4, -0.2) is 14.2 Å². The van der Waals surface area contributed by atoms with Crippen LogP contribution in [0.3, 0.4) is 0 Å². The molecule has 0 spiro atoms. The molecule has 0 amide bonds. The second-order valence-corrected chi connectivity index (χ2v) is 4.98. The molecule has 2 heterocycles. The number of fused-ring (bicyclic) bond motifs is 1. The van der Waals surface area contributed by atoms with Crippen molar-refractivity contribution in [1.29, 1.82) is 0 Å². The highest BCUT2D eigenvalue weighted by Gasteiger charge is 2.29. The molecule has 1 aromatic carbocycles. The largest absolute Gasteiger partial charge is 0.493 e. The third-order valence-corrected chi connectivity index (χ3v) is 3.79. The Morgan fingerprint density at radius 3 is 2.70 bits per heavy atom. The van der Waals surface area contributed by atoms with E-state index in [1.807, 2.05) is 24.4 Å². The molecular weight excluding hydrogens is 278 g/mol. The van der Waals surface area contributed by atoms with Crippen LogP contribution < -0.4 is 19.2 Å². The number of rotatable bonds is 3. The number of ether oxygens (including phenoxy) is 3. The van der Waals surface area contributed by atoms with Crippen molar-refractivity contribution < 1.29 is 19.2 Å². The van der Waals surface area contributed by atoms with E-state index in [1.165, 1.54) is 0 Å². The molecular formula is C15H15ClNO3+. The SMILES string of the molecule is COc1ccc(C2Cc3c(Cl)c[nH+]cc3O2)cc1OC. The Balaban J connectivity index is 1.91. The molecule has 1 aromatic heterocycles. The van der Waals surface area contributed by atoms with Crippen LogP contribution in [0.4, 0.5) is 0 Å². The smallest absolute Gasteiger partial charge is 0.209 e. The molecule has 0 saturated carbocycles. The van der Waals surface area contributed by atoms with Crippen molar-refractivity contribution >= 4 is 11.6 Å². The molecule has 1 aliphatic heterocycles. The Morgan fingerprint density at radius 2 is 2.00 bits per heavy atom. The fourth-order valence-corrected chi connectivity index (χ4v) is 2.64. The van der Waals surface area contributed by atoms with Crippen molar-refractivity contribution in [1.82, 2.24) is 0 Å². The summed E-state index contributed by atoms with van der Waals surface area (Å²) in [4.78, 5) is 2.97. The van der Waals surface area contributed by atoms with E-state index in [1.54, 1.807) is 20.4 Å². The van der Waals surface area contributed by atoms with Gasteiger partial charge in [-0.15, -0.1) is 0 Å². The van der Waals surface area contributed by atoms with Crippen molar-refractivity contribution in [3.8, 4) is 17.2 Å². The Morgan fingerprint density at radius 1 is 1.20 bits per heavy atom. The zero-order chi connectivity index (χ0) is 14.1. The Labute approximate surface area is 122 Å². The van der Waals surface area contributed by atoms with Gasteiger partial charge in [-0.3, -0.25) is 0 Å². The summed E-state index contributed by atoms with van der Waals surface area (Å²) in [5.74, 6) is 2.21. The number of hydrogen-bond donors (Lipinski definition) is 0. The lowest BCUT2D eigenvalue weighted by atomic mass is 10.0. The van der Waals surface area contributed by atoms with E-state index < -0.39 is 0 Å². The Kier molecular flexibility index (Phi) is 3.40. The molecule has 20 heavy (non-hydrogen) atoms. The average molecular weight is 293 g/mol. The van der Waals surface area contributed by atoms with Gasteiger partial charge in [0.25, 0.3) is 0 Å². The minimum Gasteiger partial charge on any atom is -0.493 e. The predicted octanol–water partition coefficient (Wildman–Crippen LogP) is 2.85. The standard InChI is InChI=1S/C15H14ClNO3/c1-18-12-4-3-9(5-14(12)19-2)13-6-10-11(16)7-17-8-15(10)20-13/h3-5,7-8,13H,6H2,1-2H3/p+1. The van der Waals surface area contributed by atoms with Crippen molar-refractivity contribution in [3.05, 3.63) is 46.7 Å². The highest BCUT2D eigenvalue weighted by Crippen LogP contribution is 2.40. The maximum absolute atomic E-state index is 6.17. The van der Waals surface area contributed by atoms with Crippen LogP contribution in [0, 0.1) is 0 Å². The second-order valence-electron chi connectivity index (χ2n) is 4.57. The third kappa shape index (κ3) is 2.16. The third-order valence-electron chi connectivity index (χ3n) is 3.45. The predicted molar refractivity (Wildman–Crippen MR) is 74.6 cm³/mol. The summed E-state index contributed by atoms with van der Waals surface area (Å²) < 4.78 is 16.5. The molecule has 1 aliphatic rings. The maximum atomic E-state index is 6.17. The quantitative estimate of drug-likeness (QED) is 0.873. The molecule has 0 bridgehead atoms. The average Bonchev–Trinajstić information content (AvgIpc) is 2.92. The van der Waals surface area contributed by atoms with Crippen molar-refractivity contribution in [2.45, 2.75) is 12.5 Å². The summed E-state index contributed by atoms with van der Waals surface area (Å²) in [7, 11) is 3.24. The minimum absolute atomic E-state index is 0.0573. The molecule has 0 aliphatic carbocycles. The first kappa shape index (κ1) is 13.1. The van der Waals surface area contributed by atoms with Gasteiger partial charge in [-0.2, -0.15) is 0 Å². The highest BCUT2D eigenvalue weighted by atomic mass is 35.5. The van der Waals surface area contributed by atoms with Gasteiger partial charge in [0.1, 0.15) is 11.1 Å². The summed E-state index contributed by atoms with van der Waals surface area (Å²) >= 11 is 6.17. The Hall–Kier alpha value is -1.94. The number of methoxy groups -OCH3 is 2. The zero-order valence-electron chi connectivity index (χ0n) is 11.3. The van der Waals surface area contributed by atoms with Crippen LogP contribution in [-0.2, 0) is 6.42 Å². The molecule has 0 radical (unpaired) electrons. The lowest BCUT2D eigenvalue weighted by molar-refractivity contribution is -0.378. The molecule has 0 fully saturated rings. The van der Waals surface area contributed by atoms with Gasteiger partial charge in [0.05, 0.1) is 14.2 Å². The number of pyridine rings is 1. The van der Waals surface area contributed by atoms with E-state index in [4.69, 9.17) is 25.8 Å². The number of benzene rings is 1. The van der Waals surface area contributed by atoms with Crippen molar-refractivity contribution in [2.75, 3.05) is 14.2 Å². The van der Waals surface area contributed by atoms with Gasteiger partial charge in [0, 0.05) is 12.0 Å². The number of halogens is 1. The Bertz CT molecular complexity index is 645. The van der Waals surface area contributed by atoms with Gasteiger partial charge >= 0.3 is 0 Å². The number of H-pyrrole nitrogens is 1. The lowest BCUT2D eigenvalue weighted by Gasteiger charge is -2.13. The van der Waals surface area contributed by atoms with Gasteiger partial charge in [-0.1, -0.05) is 17.7 Å². The van der Waals surface area contributed by atoms with E-state index in [0.29, 0.717) is 16.5 Å². The van der Waals surface area contributed by atoms with Crippen LogP contribution >= 0.6 is 11.6 Å². The van der Waals surface area contributed by atoms with Gasteiger partial charge in [-0.25, -0.2) is 4.98 Å². The second kappa shape index (κ2) is 5.21. The molecule has 3 rings (SSSR count). The monoisotopic (exact) mass is 292 g/mol. The minimum atomic E-state index is -0.0573. The summed E-state index contributed by atoms with van der Waals surface area (Å²) in [5, 5.41) is 0.700. The number of aromatic nitrogens is 1. The van der Waals surface area contributed by atoms with E-state index in [0.717, 1.165) is 23.3 Å². The van der Waals surface area contributed by atoms with Gasteiger partial charge in [-0.05, 0) is 17.7 Å². The molecule has 0 saturated heterocycles. The molecule has 4 nitrogen and oxygen atoms in total. The van der Waals surface area contributed by atoms with Gasteiger partial charge in [0.2, 0.25) is 6.20 Å². The topological polar surface area (TPSA) is 41.8 Å². The summed E-state index contributed by atoms with van der Waals surface area (Å²) in [6.07, 6.45) is 4.28. The van der Waals surface area contributed by atoms with Gasteiger partial charge in [0.15, 0.2) is 23.4 Å². The van der Waals surface area contributed by atoms with Gasteiger partial charge < -0.3 is 14.2 Å². The fourth-order valence-electron chi connectivity index (χ4n) is 2.40. The van der Waals surface area contributed by atoms with Crippen molar-refractivity contribution in [3.63, 3.8) is 0 Å². The van der Waals surface area contributed by atoms with E-state index in [2.05, 4.69) is 4.98 Å². The van der Waals surface area contributed by atoms with Crippen LogP contribution in [0.1, 0.15) is 17.2 Å². The zero-order valence-corrected chi connectivity index (χ0v) is 12.0. The molecule has 5 heteroatoms. The van der Waals surface area contributed by atoms with E-state index >= 15 is 0 Å². The first-order valence-electron chi connectivity index (χ1n) is 6.30. The summed E-state index contributed by atoms with van der Waals surface area (Å²) in [6, 6.07) is 5.80. The fraction of sp³-hybridized carbons (Fsp3) is 0.267. The van der Waals surface area contributed by atoms with E-state index in [9.17, 15) is 0 Å². The molecule has 104 valence electrons. The molecule has 2 aromatic rings. The molecule has 1 unspecified atom stereocenters. The van der Waals surface area contributed by atoms with E-state index in [-0.39, 0.29) is 6.10 Å². The van der Waals surface area contributed by atoms with Crippen LogP contribution in [0.2, 0.25) is 5.02 Å². The maximum Gasteiger partial charge on any atom is 0.209 e. The van der Waals surface area contributed by atoms with Crippen LogP contribution in [0.25, 0.3) is 0 Å². The number of aromatic amines is 1. The number of nitrogens with one attached hydrogen (secondary N) is 1. The summed E-state index contributed by atoms with van der Waals surface area (Å²) in [5.41, 5.74) is 2.07. The van der Waals surface area contributed by atoms with Crippen LogP contribution in [0.15, 0.2) is 30.6 Å². The number of hydrogen-bond acceptors (Lipinski definition) is 3. The van der Waals surface area contributed by atoms with Crippen LogP contribution in [0.5, 0.6) is 17.2 Å². The normalized spacial score (nSPS) is 16.4. The first-order chi connectivity index (χ1) is 9.72. The molecule has 1 N–H and O–H groups in total. The first-order valence-corrected chi connectivity index (χ1v) is 6.67. The molecule has 1 atom stereocenters. The lowest BCUT2D eigenvalue weighted by Crippen LogP contribution is -2.04. The van der Waals surface area contributed by atoms with Crippen molar-refractivity contribution in [2.24, 2.45) is 0 Å².